The van der Waals surface area contributed by atoms with Crippen molar-refractivity contribution in [2.45, 2.75) is 37.2 Å². The Kier molecular flexibility index (Phi) is 4.94. The molecule has 2 heterocycles. The third-order valence-corrected chi connectivity index (χ3v) is 4.47. The molecule has 2 N–H and O–H groups in total. The summed E-state index contributed by atoms with van der Waals surface area (Å²) in [6.07, 6.45) is -4.73. The summed E-state index contributed by atoms with van der Waals surface area (Å²) in [5.41, 5.74) is -0.653. The molecular formula is C15H18ClF3N2O2. The van der Waals surface area contributed by atoms with E-state index in [1.54, 1.807) is 0 Å². The summed E-state index contributed by atoms with van der Waals surface area (Å²) in [5.74, 6) is -0.380. The number of hydrogen-bond acceptors (Lipinski definition) is 3. The summed E-state index contributed by atoms with van der Waals surface area (Å²) in [6.45, 7) is -0.242. The van der Waals surface area contributed by atoms with E-state index in [0.717, 1.165) is 16.0 Å². The van der Waals surface area contributed by atoms with Crippen molar-refractivity contribution >= 4 is 18.3 Å². The van der Waals surface area contributed by atoms with Gasteiger partial charge in [-0.2, -0.15) is 13.2 Å². The smallest absolute Gasteiger partial charge is 0.379 e. The molecule has 0 bridgehead atoms. The quantitative estimate of drug-likeness (QED) is 0.810. The van der Waals surface area contributed by atoms with Crippen LogP contribution in [-0.4, -0.2) is 46.8 Å². The fraction of sp³-hybridized carbons (Fsp3) is 0.533. The third kappa shape index (κ3) is 3.32. The fourth-order valence-corrected chi connectivity index (χ4v) is 3.06. The molecule has 2 atom stereocenters. The Morgan fingerprint density at radius 3 is 2.57 bits per heavy atom. The Hall–Kier alpha value is -1.31. The molecular weight excluding hydrogens is 333 g/mol. The maximum atomic E-state index is 12.8. The highest BCUT2D eigenvalue weighted by molar-refractivity contribution is 5.85. The Bertz CT molecular complexity index is 596. The lowest BCUT2D eigenvalue weighted by Gasteiger charge is -2.30. The lowest BCUT2D eigenvalue weighted by molar-refractivity contribution is -0.253. The van der Waals surface area contributed by atoms with Crippen LogP contribution in [0.4, 0.5) is 13.2 Å². The number of nitrogens with zero attached hydrogens (tertiary/aromatic N) is 1. The van der Waals surface area contributed by atoms with Crippen molar-refractivity contribution < 1.29 is 23.1 Å². The largest absolute Gasteiger partial charge is 0.419 e. The first-order chi connectivity index (χ1) is 10.3. The van der Waals surface area contributed by atoms with E-state index in [0.29, 0.717) is 13.0 Å². The summed E-state index contributed by atoms with van der Waals surface area (Å²) < 4.78 is 38.5. The van der Waals surface area contributed by atoms with Crippen molar-refractivity contribution in [3.63, 3.8) is 0 Å². The Morgan fingerprint density at radius 1 is 1.30 bits per heavy atom. The van der Waals surface area contributed by atoms with Crippen molar-refractivity contribution in [1.82, 2.24) is 10.2 Å². The lowest BCUT2D eigenvalue weighted by atomic mass is 9.95. The summed E-state index contributed by atoms with van der Waals surface area (Å²) in [6, 6.07) is 7.13. The molecule has 2 aliphatic rings. The van der Waals surface area contributed by atoms with Crippen LogP contribution in [0.1, 0.15) is 17.5 Å². The zero-order valence-electron chi connectivity index (χ0n) is 12.3. The van der Waals surface area contributed by atoms with E-state index in [4.69, 9.17) is 0 Å². The number of amides is 1. The molecule has 1 aromatic rings. The molecule has 4 nitrogen and oxygen atoms in total. The zero-order valence-corrected chi connectivity index (χ0v) is 13.1. The first-order valence-corrected chi connectivity index (χ1v) is 7.18. The molecule has 0 aromatic heterocycles. The monoisotopic (exact) mass is 350 g/mol. The second-order valence-corrected chi connectivity index (χ2v) is 5.95. The van der Waals surface area contributed by atoms with E-state index < -0.39 is 30.8 Å². The summed E-state index contributed by atoms with van der Waals surface area (Å²) in [5, 5.41) is 12.7. The number of likely N-dealkylation sites (tertiary alicyclic amines) is 1. The minimum atomic E-state index is -4.71. The van der Waals surface area contributed by atoms with E-state index in [2.05, 4.69) is 5.32 Å². The summed E-state index contributed by atoms with van der Waals surface area (Å²) >= 11 is 0. The van der Waals surface area contributed by atoms with Gasteiger partial charge in [-0.3, -0.25) is 4.79 Å². The van der Waals surface area contributed by atoms with Gasteiger partial charge in [0.05, 0.1) is 12.6 Å². The van der Waals surface area contributed by atoms with Crippen LogP contribution in [0.15, 0.2) is 24.3 Å². The van der Waals surface area contributed by atoms with E-state index in [-0.39, 0.29) is 24.9 Å². The minimum Gasteiger partial charge on any atom is -0.379 e. The van der Waals surface area contributed by atoms with Crippen molar-refractivity contribution in [1.29, 1.82) is 0 Å². The maximum Gasteiger partial charge on any atom is 0.419 e. The van der Waals surface area contributed by atoms with Crippen LogP contribution in [0, 0.1) is 0 Å². The predicted octanol–water partition coefficient (Wildman–Crippen LogP) is 1.65. The van der Waals surface area contributed by atoms with E-state index in [1.165, 1.54) is 0 Å². The van der Waals surface area contributed by atoms with Gasteiger partial charge in [-0.25, -0.2) is 0 Å². The highest BCUT2D eigenvalue weighted by Crippen LogP contribution is 2.37. The zero-order chi connectivity index (χ0) is 16.0. The average Bonchev–Trinajstić information content (AvgIpc) is 2.89. The first kappa shape index (κ1) is 18.0. The predicted molar refractivity (Wildman–Crippen MR) is 80.2 cm³/mol. The van der Waals surface area contributed by atoms with Gasteiger partial charge in [0, 0.05) is 19.5 Å². The van der Waals surface area contributed by atoms with Gasteiger partial charge in [-0.05, 0) is 17.5 Å². The number of nitrogens with one attached hydrogen (secondary N) is 1. The highest BCUT2D eigenvalue weighted by Gasteiger charge is 2.58. The van der Waals surface area contributed by atoms with Crippen LogP contribution in [0.3, 0.4) is 0 Å². The molecule has 3 rings (SSSR count). The molecule has 1 aromatic carbocycles. The minimum absolute atomic E-state index is 0. The van der Waals surface area contributed by atoms with Crippen LogP contribution in [0.25, 0.3) is 0 Å². The standard InChI is InChI=1S/C15H17F3N2O2.ClH/c16-15(17,18)14(22)5-6-20(9-14)13(21)12-7-10-3-1-2-4-11(10)8-19-12;/h1-4,12,19,22H,5-9H2;1H. The topological polar surface area (TPSA) is 52.6 Å². The number of hydrogen-bond donors (Lipinski definition) is 2. The molecule has 0 spiro atoms. The number of alkyl halides is 3. The Balaban J connectivity index is 0.00000192. The second-order valence-electron chi connectivity index (χ2n) is 5.95. The number of rotatable bonds is 1. The number of halogens is 4. The molecule has 1 amide bonds. The molecule has 1 fully saturated rings. The Morgan fingerprint density at radius 2 is 1.96 bits per heavy atom. The molecule has 0 radical (unpaired) electrons. The van der Waals surface area contributed by atoms with Crippen LogP contribution in [0.2, 0.25) is 0 Å². The van der Waals surface area contributed by atoms with E-state index >= 15 is 0 Å². The van der Waals surface area contributed by atoms with Gasteiger partial charge in [-0.15, -0.1) is 12.4 Å². The molecule has 128 valence electrons. The van der Waals surface area contributed by atoms with Gasteiger partial charge in [0.2, 0.25) is 5.91 Å². The molecule has 1 saturated heterocycles. The van der Waals surface area contributed by atoms with Crippen molar-refractivity contribution in [3.05, 3.63) is 35.4 Å². The number of carbonyl (C=O) groups excluding carboxylic acids is 1. The van der Waals surface area contributed by atoms with Crippen LogP contribution < -0.4 is 5.32 Å². The first-order valence-electron chi connectivity index (χ1n) is 7.18. The van der Waals surface area contributed by atoms with Crippen molar-refractivity contribution in [3.8, 4) is 0 Å². The SMILES string of the molecule is Cl.O=C(C1Cc2ccccc2CN1)N1CCC(O)(C(F)(F)F)C1. The summed E-state index contributed by atoms with van der Waals surface area (Å²) in [4.78, 5) is 13.5. The van der Waals surface area contributed by atoms with Crippen LogP contribution in [0.5, 0.6) is 0 Å². The average molecular weight is 351 g/mol. The number of benzene rings is 1. The fourth-order valence-electron chi connectivity index (χ4n) is 3.06. The van der Waals surface area contributed by atoms with Crippen LogP contribution >= 0.6 is 12.4 Å². The molecule has 2 unspecified atom stereocenters. The molecule has 0 saturated carbocycles. The molecule has 0 aliphatic carbocycles. The summed E-state index contributed by atoms with van der Waals surface area (Å²) in [7, 11) is 0. The van der Waals surface area contributed by atoms with Gasteiger partial charge >= 0.3 is 6.18 Å². The molecule has 2 aliphatic heterocycles. The number of β-amino-alcohol motifs (C(OH)–C–C–N with tert-alkyl or cyclic N) is 1. The van der Waals surface area contributed by atoms with Gasteiger partial charge in [0.25, 0.3) is 0 Å². The van der Waals surface area contributed by atoms with Gasteiger partial charge < -0.3 is 15.3 Å². The van der Waals surface area contributed by atoms with Gasteiger partial charge in [0.15, 0.2) is 5.60 Å². The molecule has 8 heteroatoms. The maximum absolute atomic E-state index is 12.8. The van der Waals surface area contributed by atoms with E-state index in [9.17, 15) is 23.1 Å². The van der Waals surface area contributed by atoms with Gasteiger partial charge in [-0.1, -0.05) is 24.3 Å². The van der Waals surface area contributed by atoms with E-state index in [1.807, 2.05) is 24.3 Å². The number of aliphatic hydroxyl groups is 1. The number of carbonyl (C=O) groups is 1. The second kappa shape index (κ2) is 6.30. The number of fused-ring (bicyclic) bond motifs is 1. The lowest BCUT2D eigenvalue weighted by Crippen LogP contribution is -2.52. The van der Waals surface area contributed by atoms with Crippen molar-refractivity contribution in [2.24, 2.45) is 0 Å². The van der Waals surface area contributed by atoms with Crippen molar-refractivity contribution in [2.75, 3.05) is 13.1 Å². The third-order valence-electron chi connectivity index (χ3n) is 4.47. The normalized spacial score (nSPS) is 27.3. The van der Waals surface area contributed by atoms with Gasteiger partial charge in [0.1, 0.15) is 0 Å². The molecule has 23 heavy (non-hydrogen) atoms. The Labute approximate surface area is 138 Å². The van der Waals surface area contributed by atoms with Crippen LogP contribution in [-0.2, 0) is 17.8 Å². The highest BCUT2D eigenvalue weighted by atomic mass is 35.5.